The molecule has 0 aliphatic heterocycles. The molecule has 122 valence electrons. The first-order valence-electron chi connectivity index (χ1n) is 8.12. The zero-order valence-electron chi connectivity index (χ0n) is 13.4. The van der Waals surface area contributed by atoms with Crippen LogP contribution in [0.15, 0.2) is 29.6 Å². The second kappa shape index (κ2) is 7.13. The Bertz CT molecular complexity index is 706. The first-order chi connectivity index (χ1) is 11.1. The fourth-order valence-electron chi connectivity index (χ4n) is 2.63. The third kappa shape index (κ3) is 4.10. The summed E-state index contributed by atoms with van der Waals surface area (Å²) in [5, 5.41) is 6.26. The Morgan fingerprint density at radius 3 is 2.87 bits per heavy atom. The zero-order chi connectivity index (χ0) is 16.2. The van der Waals surface area contributed by atoms with Crippen LogP contribution in [0.4, 0.5) is 0 Å². The minimum atomic E-state index is 0.126. The monoisotopic (exact) mass is 330 g/mol. The van der Waals surface area contributed by atoms with E-state index in [2.05, 4.69) is 22.8 Å². The van der Waals surface area contributed by atoms with Gasteiger partial charge < -0.3 is 10.2 Å². The molecule has 2 amide bonds. The molecule has 23 heavy (non-hydrogen) atoms. The Balaban J connectivity index is 1.44. The van der Waals surface area contributed by atoms with E-state index >= 15 is 0 Å². The molecule has 1 fully saturated rings. The van der Waals surface area contributed by atoms with Crippen molar-refractivity contribution >= 4 is 33.2 Å². The van der Waals surface area contributed by atoms with Crippen LogP contribution in [-0.4, -0.2) is 30.3 Å². The predicted molar refractivity (Wildman–Crippen MR) is 93.3 cm³/mol. The van der Waals surface area contributed by atoms with E-state index in [1.807, 2.05) is 19.2 Å². The highest BCUT2D eigenvalue weighted by atomic mass is 32.1. The van der Waals surface area contributed by atoms with Crippen molar-refractivity contribution in [1.82, 2.24) is 10.2 Å². The van der Waals surface area contributed by atoms with Gasteiger partial charge in [0.1, 0.15) is 0 Å². The highest BCUT2D eigenvalue weighted by Gasteiger charge is 2.29. The van der Waals surface area contributed by atoms with Crippen molar-refractivity contribution < 1.29 is 9.59 Å². The van der Waals surface area contributed by atoms with Gasteiger partial charge in [-0.1, -0.05) is 18.2 Å². The molecular weight excluding hydrogens is 308 g/mol. The van der Waals surface area contributed by atoms with Gasteiger partial charge in [-0.05, 0) is 41.7 Å². The van der Waals surface area contributed by atoms with Crippen LogP contribution in [0.1, 0.15) is 31.2 Å². The molecule has 1 aromatic heterocycles. The Hall–Kier alpha value is -1.88. The number of benzene rings is 1. The number of hydrogen-bond acceptors (Lipinski definition) is 3. The highest BCUT2D eigenvalue weighted by Crippen LogP contribution is 2.28. The Morgan fingerprint density at radius 2 is 2.09 bits per heavy atom. The number of carbonyl (C=O) groups excluding carboxylic acids is 2. The van der Waals surface area contributed by atoms with E-state index < -0.39 is 0 Å². The van der Waals surface area contributed by atoms with Gasteiger partial charge in [-0.3, -0.25) is 9.59 Å². The van der Waals surface area contributed by atoms with Crippen molar-refractivity contribution in [2.24, 2.45) is 5.92 Å². The van der Waals surface area contributed by atoms with Crippen LogP contribution in [-0.2, 0) is 16.1 Å². The van der Waals surface area contributed by atoms with Gasteiger partial charge in [-0.2, -0.15) is 0 Å². The highest BCUT2D eigenvalue weighted by molar-refractivity contribution is 7.17. The molecule has 1 aromatic carbocycles. The molecule has 1 aliphatic rings. The number of thiophene rings is 1. The second-order valence-electron chi connectivity index (χ2n) is 6.18. The van der Waals surface area contributed by atoms with Crippen LogP contribution >= 0.6 is 11.3 Å². The number of hydrogen-bond donors (Lipinski definition) is 1. The number of nitrogens with one attached hydrogen (secondary N) is 1. The summed E-state index contributed by atoms with van der Waals surface area (Å²) < 4.78 is 1.26. The molecule has 0 unspecified atom stereocenters. The molecule has 1 aliphatic carbocycles. The smallest absolute Gasteiger partial charge is 0.223 e. The lowest BCUT2D eigenvalue weighted by atomic mass is 10.1. The lowest BCUT2D eigenvalue weighted by molar-refractivity contribution is -0.130. The maximum atomic E-state index is 12.2. The van der Waals surface area contributed by atoms with E-state index in [0.717, 1.165) is 12.8 Å². The molecule has 1 saturated carbocycles. The fourth-order valence-corrected chi connectivity index (χ4v) is 3.58. The van der Waals surface area contributed by atoms with E-state index in [1.165, 1.54) is 15.6 Å². The summed E-state index contributed by atoms with van der Waals surface area (Å²) in [6, 6.07) is 8.27. The summed E-state index contributed by atoms with van der Waals surface area (Å²) in [4.78, 5) is 25.5. The fraction of sp³-hybridized carbons (Fsp3) is 0.444. The molecule has 0 atom stereocenters. The van der Waals surface area contributed by atoms with E-state index in [9.17, 15) is 9.59 Å². The zero-order valence-corrected chi connectivity index (χ0v) is 14.2. The average Bonchev–Trinajstić information content (AvgIpc) is 3.34. The van der Waals surface area contributed by atoms with Gasteiger partial charge in [0.2, 0.25) is 11.8 Å². The molecule has 0 bridgehead atoms. The van der Waals surface area contributed by atoms with Crippen molar-refractivity contribution in [3.05, 3.63) is 35.2 Å². The van der Waals surface area contributed by atoms with Gasteiger partial charge in [0, 0.05) is 37.2 Å². The van der Waals surface area contributed by atoms with Crippen LogP contribution in [0.3, 0.4) is 0 Å². The van der Waals surface area contributed by atoms with Gasteiger partial charge in [-0.25, -0.2) is 0 Å². The summed E-state index contributed by atoms with van der Waals surface area (Å²) in [6.07, 6.45) is 3.21. The number of nitrogens with zero attached hydrogens (tertiary/aromatic N) is 1. The standard InChI is InChI=1S/C18H22N2O2S/c1-20(11-14-12-23-16-6-3-2-5-15(14)16)17(21)7-4-10-19-18(22)13-8-9-13/h2-3,5-6,12-13H,4,7-11H2,1H3,(H,19,22). The van der Waals surface area contributed by atoms with Crippen LogP contribution < -0.4 is 5.32 Å². The largest absolute Gasteiger partial charge is 0.356 e. The van der Waals surface area contributed by atoms with E-state index in [0.29, 0.717) is 25.9 Å². The third-order valence-electron chi connectivity index (χ3n) is 4.21. The first kappa shape index (κ1) is 16.0. The maximum Gasteiger partial charge on any atom is 0.223 e. The minimum Gasteiger partial charge on any atom is -0.356 e. The van der Waals surface area contributed by atoms with Crippen molar-refractivity contribution in [2.45, 2.75) is 32.2 Å². The molecule has 1 heterocycles. The quantitative estimate of drug-likeness (QED) is 0.793. The lowest BCUT2D eigenvalue weighted by Crippen LogP contribution is -2.29. The molecule has 5 heteroatoms. The molecule has 0 spiro atoms. The molecule has 1 N–H and O–H groups in total. The van der Waals surface area contributed by atoms with Crippen LogP contribution in [0.25, 0.3) is 10.1 Å². The molecule has 2 aromatic rings. The summed E-state index contributed by atoms with van der Waals surface area (Å²) in [6.45, 7) is 1.23. The van der Waals surface area contributed by atoms with Gasteiger partial charge in [0.25, 0.3) is 0 Å². The molecule has 0 radical (unpaired) electrons. The molecular formula is C18H22N2O2S. The van der Waals surface area contributed by atoms with Crippen molar-refractivity contribution in [3.8, 4) is 0 Å². The van der Waals surface area contributed by atoms with E-state index in [1.54, 1.807) is 16.2 Å². The van der Waals surface area contributed by atoms with Crippen LogP contribution in [0, 0.1) is 5.92 Å². The van der Waals surface area contributed by atoms with Crippen molar-refractivity contribution in [2.75, 3.05) is 13.6 Å². The SMILES string of the molecule is CN(Cc1csc2ccccc12)C(=O)CCCNC(=O)C1CC1. The summed E-state index contributed by atoms with van der Waals surface area (Å²) in [7, 11) is 1.84. The number of amides is 2. The molecule has 4 nitrogen and oxygen atoms in total. The summed E-state index contributed by atoms with van der Waals surface area (Å²) in [5.74, 6) is 0.511. The van der Waals surface area contributed by atoms with Crippen molar-refractivity contribution in [1.29, 1.82) is 0 Å². The van der Waals surface area contributed by atoms with Crippen molar-refractivity contribution in [3.63, 3.8) is 0 Å². The third-order valence-corrected chi connectivity index (χ3v) is 5.22. The number of carbonyl (C=O) groups is 2. The lowest BCUT2D eigenvalue weighted by Gasteiger charge is -2.17. The van der Waals surface area contributed by atoms with Gasteiger partial charge in [0.15, 0.2) is 0 Å². The topological polar surface area (TPSA) is 49.4 Å². The molecule has 3 rings (SSSR count). The second-order valence-corrected chi connectivity index (χ2v) is 7.09. The normalized spacial score (nSPS) is 14.0. The average molecular weight is 330 g/mol. The summed E-state index contributed by atoms with van der Waals surface area (Å²) >= 11 is 1.72. The van der Waals surface area contributed by atoms with Gasteiger partial charge >= 0.3 is 0 Å². The summed E-state index contributed by atoms with van der Waals surface area (Å²) in [5.41, 5.74) is 1.20. The van der Waals surface area contributed by atoms with E-state index in [4.69, 9.17) is 0 Å². The number of fused-ring (bicyclic) bond motifs is 1. The van der Waals surface area contributed by atoms with Crippen LogP contribution in [0.5, 0.6) is 0 Å². The maximum absolute atomic E-state index is 12.2. The first-order valence-corrected chi connectivity index (χ1v) is 9.00. The van der Waals surface area contributed by atoms with Crippen LogP contribution in [0.2, 0.25) is 0 Å². The Labute approximate surface area is 140 Å². The Kier molecular flexibility index (Phi) is 4.96. The number of rotatable bonds is 7. The minimum absolute atomic E-state index is 0.126. The Morgan fingerprint density at radius 1 is 1.30 bits per heavy atom. The van der Waals surface area contributed by atoms with E-state index in [-0.39, 0.29) is 17.7 Å². The van der Waals surface area contributed by atoms with Gasteiger partial charge in [0.05, 0.1) is 0 Å². The van der Waals surface area contributed by atoms with Gasteiger partial charge in [-0.15, -0.1) is 11.3 Å². The molecule has 0 saturated heterocycles. The predicted octanol–water partition coefficient (Wildman–Crippen LogP) is 3.17.